The number of carbonyl (C=O) groups is 1. The van der Waals surface area contributed by atoms with Gasteiger partial charge in [-0.15, -0.1) is 0 Å². The number of amides is 1. The van der Waals surface area contributed by atoms with Crippen LogP contribution in [0, 0.1) is 5.82 Å². The summed E-state index contributed by atoms with van der Waals surface area (Å²) in [5.41, 5.74) is 3.77. The molecule has 2 nitrogen and oxygen atoms in total. The minimum atomic E-state index is -0.348. The molecule has 0 saturated carbocycles. The van der Waals surface area contributed by atoms with Gasteiger partial charge in [-0.25, -0.2) is 4.39 Å². The Kier molecular flexibility index (Phi) is 4.30. The van der Waals surface area contributed by atoms with E-state index < -0.39 is 0 Å². The van der Waals surface area contributed by atoms with Crippen LogP contribution < -0.4 is 5.32 Å². The molecule has 0 unspecified atom stereocenters. The van der Waals surface area contributed by atoms with Gasteiger partial charge in [-0.3, -0.25) is 4.79 Å². The smallest absolute Gasteiger partial charge is 0.251 e. The molecular weight excluding hydrogens is 297 g/mol. The molecule has 3 rings (SSSR count). The fourth-order valence-corrected chi connectivity index (χ4v) is 2.91. The number of rotatable bonds is 4. The van der Waals surface area contributed by atoms with Crippen molar-refractivity contribution < 1.29 is 9.18 Å². The molecule has 1 amide bonds. The zero-order valence-electron chi connectivity index (χ0n) is 11.8. The highest BCUT2D eigenvalue weighted by atomic mass is 32.1. The molecule has 0 aliphatic rings. The fourth-order valence-electron chi connectivity index (χ4n) is 2.25. The van der Waals surface area contributed by atoms with Crippen LogP contribution in [-0.4, -0.2) is 5.91 Å². The lowest BCUT2D eigenvalue weighted by Gasteiger charge is -2.10. The van der Waals surface area contributed by atoms with E-state index in [-0.39, 0.29) is 11.7 Å². The molecule has 1 heterocycles. The first kappa shape index (κ1) is 14.5. The topological polar surface area (TPSA) is 29.1 Å². The Balaban J connectivity index is 1.74. The molecule has 1 aromatic heterocycles. The summed E-state index contributed by atoms with van der Waals surface area (Å²) in [5, 5.41) is 6.99. The van der Waals surface area contributed by atoms with E-state index in [1.165, 1.54) is 24.3 Å². The Morgan fingerprint density at radius 3 is 2.55 bits per heavy atom. The predicted octanol–water partition coefficient (Wildman–Crippen LogP) is 4.48. The number of benzene rings is 2. The monoisotopic (exact) mass is 311 g/mol. The first-order chi connectivity index (χ1) is 10.7. The van der Waals surface area contributed by atoms with Gasteiger partial charge >= 0.3 is 0 Å². The van der Waals surface area contributed by atoms with Crippen molar-refractivity contribution in [2.45, 2.75) is 6.54 Å². The molecule has 0 aliphatic heterocycles. The lowest BCUT2D eigenvalue weighted by Crippen LogP contribution is -2.23. The molecule has 0 aliphatic carbocycles. The average Bonchev–Trinajstić information content (AvgIpc) is 3.08. The molecule has 0 saturated heterocycles. The van der Waals surface area contributed by atoms with E-state index in [0.29, 0.717) is 12.1 Å². The third-order valence-corrected chi connectivity index (χ3v) is 4.08. The van der Waals surface area contributed by atoms with Crippen molar-refractivity contribution in [3.63, 3.8) is 0 Å². The number of thiophene rings is 1. The molecule has 0 spiro atoms. The van der Waals surface area contributed by atoms with Crippen LogP contribution in [0.4, 0.5) is 4.39 Å². The second kappa shape index (κ2) is 6.54. The average molecular weight is 311 g/mol. The Labute approximate surface area is 132 Å². The Hall–Kier alpha value is -2.46. The second-order valence-corrected chi connectivity index (χ2v) is 5.64. The number of carbonyl (C=O) groups excluding carboxylic acids is 1. The molecule has 110 valence electrons. The van der Waals surface area contributed by atoms with E-state index in [1.54, 1.807) is 11.3 Å². The SMILES string of the molecule is O=C(NCc1ccccc1-c1ccsc1)c1ccc(F)cc1. The largest absolute Gasteiger partial charge is 0.348 e. The van der Waals surface area contributed by atoms with Gasteiger partial charge in [0, 0.05) is 12.1 Å². The van der Waals surface area contributed by atoms with Gasteiger partial charge < -0.3 is 5.32 Å². The zero-order chi connectivity index (χ0) is 15.4. The Morgan fingerprint density at radius 2 is 1.82 bits per heavy atom. The zero-order valence-corrected chi connectivity index (χ0v) is 12.6. The van der Waals surface area contributed by atoms with Crippen molar-refractivity contribution in [3.05, 3.63) is 82.3 Å². The molecule has 0 bridgehead atoms. The Bertz CT molecular complexity index is 766. The summed E-state index contributed by atoms with van der Waals surface area (Å²) in [6.45, 7) is 0.433. The standard InChI is InChI=1S/C18H14FNOS/c19-16-7-5-13(6-8-16)18(21)20-11-14-3-1-2-4-17(14)15-9-10-22-12-15/h1-10,12H,11H2,(H,20,21). The highest BCUT2D eigenvalue weighted by Gasteiger charge is 2.08. The summed E-state index contributed by atoms with van der Waals surface area (Å²) in [7, 11) is 0. The van der Waals surface area contributed by atoms with Gasteiger partial charge in [0.1, 0.15) is 5.82 Å². The molecule has 0 fully saturated rings. The van der Waals surface area contributed by atoms with Crippen molar-refractivity contribution in [1.29, 1.82) is 0 Å². The number of hydrogen-bond donors (Lipinski definition) is 1. The van der Waals surface area contributed by atoms with Crippen LogP contribution >= 0.6 is 11.3 Å². The number of halogens is 1. The van der Waals surface area contributed by atoms with E-state index >= 15 is 0 Å². The van der Waals surface area contributed by atoms with Gasteiger partial charge in [0.15, 0.2) is 0 Å². The summed E-state index contributed by atoms with van der Waals surface area (Å²) < 4.78 is 12.9. The minimum absolute atomic E-state index is 0.208. The summed E-state index contributed by atoms with van der Waals surface area (Å²) >= 11 is 1.64. The molecule has 1 N–H and O–H groups in total. The van der Waals surface area contributed by atoms with Crippen molar-refractivity contribution in [2.75, 3.05) is 0 Å². The van der Waals surface area contributed by atoms with Crippen LogP contribution in [0.15, 0.2) is 65.4 Å². The Morgan fingerprint density at radius 1 is 1.05 bits per heavy atom. The van der Waals surface area contributed by atoms with Gasteiger partial charge in [-0.1, -0.05) is 24.3 Å². The molecule has 22 heavy (non-hydrogen) atoms. The van der Waals surface area contributed by atoms with Crippen LogP contribution in [0.25, 0.3) is 11.1 Å². The summed E-state index contributed by atoms with van der Waals surface area (Å²) in [6.07, 6.45) is 0. The molecule has 3 aromatic rings. The lowest BCUT2D eigenvalue weighted by molar-refractivity contribution is 0.0951. The van der Waals surface area contributed by atoms with Crippen LogP contribution in [-0.2, 0) is 6.54 Å². The van der Waals surface area contributed by atoms with Crippen molar-refractivity contribution in [2.24, 2.45) is 0 Å². The van der Waals surface area contributed by atoms with Crippen molar-refractivity contribution in [1.82, 2.24) is 5.32 Å². The van der Waals surface area contributed by atoms with E-state index in [9.17, 15) is 9.18 Å². The fraction of sp³-hybridized carbons (Fsp3) is 0.0556. The third-order valence-electron chi connectivity index (χ3n) is 3.40. The maximum absolute atomic E-state index is 12.9. The summed E-state index contributed by atoms with van der Waals surface area (Å²) in [5.74, 6) is -0.556. The molecule has 0 radical (unpaired) electrons. The van der Waals surface area contributed by atoms with Gasteiger partial charge in [0.25, 0.3) is 5.91 Å². The highest BCUT2D eigenvalue weighted by molar-refractivity contribution is 7.08. The van der Waals surface area contributed by atoms with E-state index in [0.717, 1.165) is 16.7 Å². The van der Waals surface area contributed by atoms with Crippen LogP contribution in [0.5, 0.6) is 0 Å². The van der Waals surface area contributed by atoms with E-state index in [2.05, 4.69) is 16.8 Å². The summed E-state index contributed by atoms with van der Waals surface area (Å²) in [6, 6.07) is 15.6. The van der Waals surface area contributed by atoms with Crippen molar-refractivity contribution in [3.8, 4) is 11.1 Å². The maximum atomic E-state index is 12.9. The van der Waals surface area contributed by atoms with Crippen molar-refractivity contribution >= 4 is 17.2 Å². The van der Waals surface area contributed by atoms with Gasteiger partial charge in [0.2, 0.25) is 0 Å². The first-order valence-electron chi connectivity index (χ1n) is 6.88. The minimum Gasteiger partial charge on any atom is -0.348 e. The van der Waals surface area contributed by atoms with Gasteiger partial charge in [-0.05, 0) is 57.8 Å². The van der Waals surface area contributed by atoms with E-state index in [4.69, 9.17) is 0 Å². The predicted molar refractivity (Wildman–Crippen MR) is 87.3 cm³/mol. The normalized spacial score (nSPS) is 10.4. The first-order valence-corrected chi connectivity index (χ1v) is 7.82. The lowest BCUT2D eigenvalue weighted by atomic mass is 10.0. The van der Waals surface area contributed by atoms with Crippen LogP contribution in [0.2, 0.25) is 0 Å². The number of nitrogens with one attached hydrogen (secondary N) is 1. The second-order valence-electron chi connectivity index (χ2n) is 4.86. The maximum Gasteiger partial charge on any atom is 0.251 e. The summed E-state index contributed by atoms with van der Waals surface area (Å²) in [4.78, 5) is 12.1. The van der Waals surface area contributed by atoms with Crippen LogP contribution in [0.3, 0.4) is 0 Å². The van der Waals surface area contributed by atoms with E-state index in [1.807, 2.05) is 29.6 Å². The molecule has 0 atom stereocenters. The molecule has 2 aromatic carbocycles. The third kappa shape index (κ3) is 3.23. The van der Waals surface area contributed by atoms with Gasteiger partial charge in [-0.2, -0.15) is 11.3 Å². The quantitative estimate of drug-likeness (QED) is 0.756. The molecular formula is C18H14FNOS. The molecule has 4 heteroatoms. The van der Waals surface area contributed by atoms with Crippen LogP contribution in [0.1, 0.15) is 15.9 Å². The van der Waals surface area contributed by atoms with Gasteiger partial charge in [0.05, 0.1) is 0 Å². The highest BCUT2D eigenvalue weighted by Crippen LogP contribution is 2.25. The number of hydrogen-bond acceptors (Lipinski definition) is 2.